The summed E-state index contributed by atoms with van der Waals surface area (Å²) < 4.78 is 37.9. The zero-order valence-corrected chi connectivity index (χ0v) is 10.5. The number of hydrogen-bond donors (Lipinski definition) is 1. The normalized spacial score (nSPS) is 24.6. The second-order valence-electron chi connectivity index (χ2n) is 5.28. The summed E-state index contributed by atoms with van der Waals surface area (Å²) in [6, 6.07) is 3.82. The van der Waals surface area contributed by atoms with Crippen LogP contribution in [0.5, 0.6) is 0 Å². The highest BCUT2D eigenvalue weighted by Gasteiger charge is 2.43. The number of anilines is 1. The van der Waals surface area contributed by atoms with Crippen LogP contribution in [-0.4, -0.2) is 37.3 Å². The van der Waals surface area contributed by atoms with E-state index in [1.807, 2.05) is 12.1 Å². The molecular weight excluding hydrogens is 255 g/mol. The lowest BCUT2D eigenvalue weighted by Crippen LogP contribution is -2.39. The van der Waals surface area contributed by atoms with E-state index in [9.17, 15) is 13.2 Å². The second kappa shape index (κ2) is 4.67. The molecule has 2 fully saturated rings. The average Bonchev–Trinajstić information content (AvgIpc) is 2.76. The van der Waals surface area contributed by atoms with Crippen molar-refractivity contribution in [3.8, 4) is 0 Å². The van der Waals surface area contributed by atoms with Gasteiger partial charge in [0.05, 0.1) is 5.92 Å². The Morgan fingerprint density at radius 3 is 2.53 bits per heavy atom. The number of aromatic nitrogens is 1. The average molecular weight is 271 g/mol. The van der Waals surface area contributed by atoms with E-state index in [0.29, 0.717) is 18.3 Å². The fraction of sp³-hybridized carbons (Fsp3) is 0.615. The molecule has 2 aliphatic rings. The molecule has 6 heteroatoms. The fourth-order valence-electron chi connectivity index (χ4n) is 2.59. The number of pyridine rings is 1. The topological polar surface area (TPSA) is 28.2 Å². The molecule has 3 rings (SSSR count). The summed E-state index contributed by atoms with van der Waals surface area (Å²) in [5, 5.41) is 3.19. The molecule has 3 heterocycles. The molecule has 0 bridgehead atoms. The molecule has 104 valence electrons. The van der Waals surface area contributed by atoms with E-state index in [0.717, 1.165) is 18.7 Å². The van der Waals surface area contributed by atoms with E-state index >= 15 is 0 Å². The van der Waals surface area contributed by atoms with Crippen LogP contribution in [0.3, 0.4) is 0 Å². The van der Waals surface area contributed by atoms with Gasteiger partial charge in [0.25, 0.3) is 0 Å². The number of nitrogens with one attached hydrogen (secondary N) is 1. The van der Waals surface area contributed by atoms with Crippen molar-refractivity contribution in [1.82, 2.24) is 10.3 Å². The fourth-order valence-corrected chi connectivity index (χ4v) is 2.59. The van der Waals surface area contributed by atoms with E-state index in [1.54, 1.807) is 11.1 Å². The Morgan fingerprint density at radius 1 is 1.26 bits per heavy atom. The first kappa shape index (κ1) is 12.7. The Hall–Kier alpha value is -1.30. The van der Waals surface area contributed by atoms with Gasteiger partial charge in [0.15, 0.2) is 0 Å². The molecule has 1 aromatic heterocycles. The molecule has 1 N–H and O–H groups in total. The van der Waals surface area contributed by atoms with Gasteiger partial charge in [-0.2, -0.15) is 13.2 Å². The van der Waals surface area contributed by atoms with Gasteiger partial charge in [-0.25, -0.2) is 4.98 Å². The van der Waals surface area contributed by atoms with Crippen molar-refractivity contribution >= 4 is 5.82 Å². The van der Waals surface area contributed by atoms with Crippen molar-refractivity contribution in [2.45, 2.75) is 18.5 Å². The number of hydrogen-bond acceptors (Lipinski definition) is 3. The van der Waals surface area contributed by atoms with Crippen LogP contribution in [-0.2, 0) is 0 Å². The summed E-state index contributed by atoms with van der Waals surface area (Å²) in [5.41, 5.74) is 1.16. The van der Waals surface area contributed by atoms with Crippen LogP contribution in [0.15, 0.2) is 18.3 Å². The van der Waals surface area contributed by atoms with E-state index < -0.39 is 12.1 Å². The van der Waals surface area contributed by atoms with Crippen molar-refractivity contribution in [2.24, 2.45) is 5.92 Å². The third-order valence-electron chi connectivity index (χ3n) is 4.00. The molecule has 0 amide bonds. The van der Waals surface area contributed by atoms with Crippen molar-refractivity contribution in [1.29, 1.82) is 0 Å². The van der Waals surface area contributed by atoms with Crippen LogP contribution in [0.4, 0.5) is 19.0 Å². The summed E-state index contributed by atoms with van der Waals surface area (Å²) in [6.07, 6.45) is -2.13. The molecule has 0 radical (unpaired) electrons. The third kappa shape index (κ3) is 2.54. The first-order valence-electron chi connectivity index (χ1n) is 6.52. The molecule has 1 aromatic rings. The SMILES string of the molecule is FC(F)(F)[C@@H]1CCN(c2ccc(C3CNC3)cn2)C1. The molecular formula is C13H16F3N3. The molecule has 0 aliphatic carbocycles. The first-order valence-corrected chi connectivity index (χ1v) is 6.52. The van der Waals surface area contributed by atoms with E-state index in [2.05, 4.69) is 10.3 Å². The van der Waals surface area contributed by atoms with Gasteiger partial charge in [0.1, 0.15) is 5.82 Å². The van der Waals surface area contributed by atoms with Crippen LogP contribution in [0.25, 0.3) is 0 Å². The van der Waals surface area contributed by atoms with Gasteiger partial charge in [0.2, 0.25) is 0 Å². The van der Waals surface area contributed by atoms with Crippen molar-refractivity contribution < 1.29 is 13.2 Å². The molecule has 1 atom stereocenters. The predicted octanol–water partition coefficient (Wildman–Crippen LogP) is 2.16. The third-order valence-corrected chi connectivity index (χ3v) is 4.00. The van der Waals surface area contributed by atoms with Gasteiger partial charge in [0, 0.05) is 38.3 Å². The van der Waals surface area contributed by atoms with Crippen molar-refractivity contribution in [3.63, 3.8) is 0 Å². The first-order chi connectivity index (χ1) is 9.04. The maximum absolute atomic E-state index is 12.6. The molecule has 0 unspecified atom stereocenters. The maximum atomic E-state index is 12.6. The van der Waals surface area contributed by atoms with E-state index in [-0.39, 0.29) is 13.0 Å². The van der Waals surface area contributed by atoms with Crippen LogP contribution in [0.1, 0.15) is 17.9 Å². The number of halogens is 3. The minimum Gasteiger partial charge on any atom is -0.356 e. The van der Waals surface area contributed by atoms with Crippen molar-refractivity contribution in [3.05, 3.63) is 23.9 Å². The Labute approximate surface area is 109 Å². The summed E-state index contributed by atoms with van der Waals surface area (Å²) >= 11 is 0. The number of rotatable bonds is 2. The van der Waals surface area contributed by atoms with Gasteiger partial charge in [-0.15, -0.1) is 0 Å². The molecule has 2 saturated heterocycles. The van der Waals surface area contributed by atoms with E-state index in [1.165, 1.54) is 0 Å². The monoisotopic (exact) mass is 271 g/mol. The molecule has 0 spiro atoms. The molecule has 0 saturated carbocycles. The molecule has 19 heavy (non-hydrogen) atoms. The van der Waals surface area contributed by atoms with Gasteiger partial charge >= 0.3 is 6.18 Å². The molecule has 3 nitrogen and oxygen atoms in total. The smallest absolute Gasteiger partial charge is 0.356 e. The highest BCUT2D eigenvalue weighted by molar-refractivity contribution is 5.41. The zero-order chi connectivity index (χ0) is 13.5. The minimum atomic E-state index is -4.09. The summed E-state index contributed by atoms with van der Waals surface area (Å²) in [5.74, 6) is -0.0596. The zero-order valence-electron chi connectivity index (χ0n) is 10.5. The maximum Gasteiger partial charge on any atom is 0.393 e. The highest BCUT2D eigenvalue weighted by atomic mass is 19.4. The highest BCUT2D eigenvalue weighted by Crippen LogP contribution is 2.35. The Morgan fingerprint density at radius 2 is 2.05 bits per heavy atom. The Bertz CT molecular complexity index is 439. The largest absolute Gasteiger partial charge is 0.393 e. The van der Waals surface area contributed by atoms with Crippen LogP contribution >= 0.6 is 0 Å². The van der Waals surface area contributed by atoms with Gasteiger partial charge in [-0.1, -0.05) is 6.07 Å². The van der Waals surface area contributed by atoms with Gasteiger partial charge in [-0.05, 0) is 18.1 Å². The van der Waals surface area contributed by atoms with E-state index in [4.69, 9.17) is 0 Å². The lowest BCUT2D eigenvalue weighted by molar-refractivity contribution is -0.168. The minimum absolute atomic E-state index is 0.0286. The molecule has 0 aromatic carbocycles. The van der Waals surface area contributed by atoms with Gasteiger partial charge < -0.3 is 10.2 Å². The van der Waals surface area contributed by atoms with Gasteiger partial charge in [-0.3, -0.25) is 0 Å². The number of nitrogens with zero attached hydrogens (tertiary/aromatic N) is 2. The molecule has 2 aliphatic heterocycles. The summed E-state index contributed by atoms with van der Waals surface area (Å²) in [6.45, 7) is 2.38. The van der Waals surface area contributed by atoms with Crippen molar-refractivity contribution in [2.75, 3.05) is 31.1 Å². The lowest BCUT2D eigenvalue weighted by Gasteiger charge is -2.27. The van der Waals surface area contributed by atoms with Crippen LogP contribution in [0, 0.1) is 5.92 Å². The Balaban J connectivity index is 1.66. The summed E-state index contributed by atoms with van der Waals surface area (Å²) in [4.78, 5) is 6.03. The second-order valence-corrected chi connectivity index (χ2v) is 5.28. The Kier molecular flexibility index (Phi) is 3.12. The van der Waals surface area contributed by atoms with Crippen LogP contribution < -0.4 is 10.2 Å². The number of alkyl halides is 3. The lowest BCUT2D eigenvalue weighted by atomic mass is 9.95. The quantitative estimate of drug-likeness (QED) is 0.893. The van der Waals surface area contributed by atoms with Crippen LogP contribution in [0.2, 0.25) is 0 Å². The predicted molar refractivity (Wildman–Crippen MR) is 66.2 cm³/mol. The summed E-state index contributed by atoms with van der Waals surface area (Å²) in [7, 11) is 0. The standard InChI is InChI=1S/C13H16F3N3/c14-13(15,16)11-3-4-19(8-11)12-2-1-9(7-18-12)10-5-17-6-10/h1-2,7,10-11,17H,3-6,8H2/t11-/m1/s1.